The number of amides is 4. The minimum Gasteiger partial charge on any atom is -0.322 e. The minimum absolute atomic E-state index is 0.195. The number of urea groups is 1. The maximum absolute atomic E-state index is 12.4. The van der Waals surface area contributed by atoms with Crippen LogP contribution in [-0.4, -0.2) is 17.8 Å². The van der Waals surface area contributed by atoms with Gasteiger partial charge in [0.15, 0.2) is 0 Å². The smallest absolute Gasteiger partial charge is 0.322 e. The number of carbonyl (C=O) groups is 3. The number of aryl methyl sites for hydroxylation is 1. The molecular formula is C17H17N3O3S. The van der Waals surface area contributed by atoms with Crippen LogP contribution in [0.3, 0.4) is 0 Å². The molecule has 124 valence electrons. The number of anilines is 1. The lowest BCUT2D eigenvalue weighted by Gasteiger charge is -2.21. The first-order chi connectivity index (χ1) is 11.3. The predicted octanol–water partition coefficient (Wildman–Crippen LogP) is 2.67. The topological polar surface area (TPSA) is 87.3 Å². The van der Waals surface area contributed by atoms with Crippen LogP contribution in [0.5, 0.6) is 0 Å². The normalized spacial score (nSPS) is 19.8. The van der Waals surface area contributed by atoms with E-state index in [2.05, 4.69) is 16.0 Å². The third-order valence-corrected chi connectivity index (χ3v) is 5.29. The van der Waals surface area contributed by atoms with E-state index in [0.717, 1.165) is 10.4 Å². The largest absolute Gasteiger partial charge is 0.322 e. The number of hydrogen-bond acceptors (Lipinski definition) is 4. The maximum Gasteiger partial charge on any atom is 0.322 e. The van der Waals surface area contributed by atoms with Gasteiger partial charge >= 0.3 is 6.03 Å². The van der Waals surface area contributed by atoms with Crippen molar-refractivity contribution in [2.45, 2.75) is 26.3 Å². The van der Waals surface area contributed by atoms with Gasteiger partial charge in [-0.25, -0.2) is 4.79 Å². The van der Waals surface area contributed by atoms with E-state index in [4.69, 9.17) is 0 Å². The number of thiophene rings is 1. The van der Waals surface area contributed by atoms with Crippen LogP contribution in [0.25, 0.3) is 0 Å². The molecule has 0 radical (unpaired) electrons. The van der Waals surface area contributed by atoms with E-state index in [0.29, 0.717) is 16.8 Å². The molecule has 6 nitrogen and oxygen atoms in total. The minimum atomic E-state index is -1.15. The molecule has 7 heteroatoms. The third kappa shape index (κ3) is 2.67. The molecule has 0 saturated carbocycles. The molecule has 1 unspecified atom stereocenters. The molecule has 2 heterocycles. The third-order valence-electron chi connectivity index (χ3n) is 4.27. The lowest BCUT2D eigenvalue weighted by atomic mass is 9.92. The van der Waals surface area contributed by atoms with Crippen LogP contribution < -0.4 is 16.0 Å². The highest BCUT2D eigenvalue weighted by Crippen LogP contribution is 2.27. The lowest BCUT2D eigenvalue weighted by molar-refractivity contribution is -0.123. The summed E-state index contributed by atoms with van der Waals surface area (Å²) < 4.78 is 0. The highest BCUT2D eigenvalue weighted by molar-refractivity contribution is 7.10. The van der Waals surface area contributed by atoms with Gasteiger partial charge in [-0.2, -0.15) is 0 Å². The number of nitrogens with one attached hydrogen (secondary N) is 3. The van der Waals surface area contributed by atoms with E-state index in [-0.39, 0.29) is 5.91 Å². The Hall–Kier alpha value is -2.67. The van der Waals surface area contributed by atoms with Crippen LogP contribution in [-0.2, 0) is 10.3 Å². The predicted molar refractivity (Wildman–Crippen MR) is 92.2 cm³/mol. The van der Waals surface area contributed by atoms with Gasteiger partial charge in [-0.05, 0) is 44.0 Å². The van der Waals surface area contributed by atoms with Gasteiger partial charge < -0.3 is 10.6 Å². The van der Waals surface area contributed by atoms with Crippen molar-refractivity contribution in [1.82, 2.24) is 10.6 Å². The summed E-state index contributed by atoms with van der Waals surface area (Å²) in [7, 11) is 0. The number of benzene rings is 1. The molecule has 1 fully saturated rings. The molecule has 1 aliphatic rings. The zero-order chi connectivity index (χ0) is 17.5. The molecule has 1 saturated heterocycles. The van der Waals surface area contributed by atoms with Gasteiger partial charge in [-0.1, -0.05) is 12.1 Å². The molecule has 24 heavy (non-hydrogen) atoms. The van der Waals surface area contributed by atoms with Crippen LogP contribution in [0.2, 0.25) is 0 Å². The molecule has 3 rings (SSSR count). The van der Waals surface area contributed by atoms with Gasteiger partial charge in [0, 0.05) is 15.9 Å². The Labute approximate surface area is 143 Å². The van der Waals surface area contributed by atoms with E-state index < -0.39 is 17.5 Å². The number of carbonyl (C=O) groups excluding carboxylic acids is 3. The fraction of sp³-hybridized carbons (Fsp3) is 0.235. The average Bonchev–Trinajstić information content (AvgIpc) is 3.00. The summed E-state index contributed by atoms with van der Waals surface area (Å²) in [6.45, 7) is 5.51. The first-order valence-corrected chi connectivity index (χ1v) is 8.29. The van der Waals surface area contributed by atoms with Crippen molar-refractivity contribution < 1.29 is 14.4 Å². The fourth-order valence-corrected chi connectivity index (χ4v) is 3.46. The van der Waals surface area contributed by atoms with Gasteiger partial charge in [-0.3, -0.25) is 14.9 Å². The highest BCUT2D eigenvalue weighted by Gasteiger charge is 2.43. The summed E-state index contributed by atoms with van der Waals surface area (Å²) in [6, 6.07) is 6.38. The molecule has 1 aromatic heterocycles. The Morgan fingerprint density at radius 3 is 2.58 bits per heavy atom. The average molecular weight is 343 g/mol. The first kappa shape index (κ1) is 16.2. The zero-order valence-corrected chi connectivity index (χ0v) is 14.3. The van der Waals surface area contributed by atoms with E-state index in [1.54, 1.807) is 31.2 Å². The maximum atomic E-state index is 12.4. The standard InChI is InChI=1S/C17H17N3O3S/c1-9-10(2)24-8-13(9)14(21)18-12-6-4-5-11(7-12)17(3)15(22)19-16(23)20-17/h4-8H,1-3H3,(H,18,21)(H2,19,20,22,23). The van der Waals surface area contributed by atoms with E-state index in [9.17, 15) is 14.4 Å². The van der Waals surface area contributed by atoms with Crippen molar-refractivity contribution in [2.75, 3.05) is 5.32 Å². The van der Waals surface area contributed by atoms with Crippen molar-refractivity contribution in [3.05, 3.63) is 51.2 Å². The SMILES string of the molecule is Cc1scc(C(=O)Nc2cccc(C3(C)NC(=O)NC3=O)c2)c1C. The Morgan fingerprint density at radius 1 is 1.25 bits per heavy atom. The Morgan fingerprint density at radius 2 is 2.00 bits per heavy atom. The molecule has 0 bridgehead atoms. The van der Waals surface area contributed by atoms with Gasteiger partial charge in [-0.15, -0.1) is 11.3 Å². The van der Waals surface area contributed by atoms with Crippen molar-refractivity contribution >= 4 is 34.9 Å². The summed E-state index contributed by atoms with van der Waals surface area (Å²) in [5.41, 5.74) is 1.62. The van der Waals surface area contributed by atoms with Crippen LogP contribution in [0.4, 0.5) is 10.5 Å². The first-order valence-electron chi connectivity index (χ1n) is 7.41. The Bertz CT molecular complexity index is 859. The molecule has 1 atom stereocenters. The van der Waals surface area contributed by atoms with Crippen LogP contribution in [0.1, 0.15) is 33.3 Å². The molecule has 4 amide bonds. The summed E-state index contributed by atoms with van der Waals surface area (Å²) in [4.78, 5) is 37.0. The summed E-state index contributed by atoms with van der Waals surface area (Å²) in [6.07, 6.45) is 0. The highest BCUT2D eigenvalue weighted by atomic mass is 32.1. The second-order valence-electron chi connectivity index (χ2n) is 5.90. The summed E-state index contributed by atoms with van der Waals surface area (Å²) in [5, 5.41) is 9.51. The zero-order valence-electron chi connectivity index (χ0n) is 13.5. The van der Waals surface area contributed by atoms with Crippen LogP contribution in [0.15, 0.2) is 29.6 Å². The second-order valence-corrected chi connectivity index (χ2v) is 6.98. The summed E-state index contributed by atoms with van der Waals surface area (Å²) >= 11 is 1.53. The summed E-state index contributed by atoms with van der Waals surface area (Å²) in [5.74, 6) is -0.612. The Kier molecular flexibility index (Phi) is 3.88. The lowest BCUT2D eigenvalue weighted by Crippen LogP contribution is -2.40. The number of imide groups is 1. The Balaban J connectivity index is 1.86. The number of rotatable bonds is 3. The van der Waals surface area contributed by atoms with Gasteiger partial charge in [0.1, 0.15) is 5.54 Å². The molecule has 3 N–H and O–H groups in total. The molecule has 0 aliphatic carbocycles. The molecule has 2 aromatic rings. The molecular weight excluding hydrogens is 326 g/mol. The van der Waals surface area contributed by atoms with Crippen molar-refractivity contribution in [1.29, 1.82) is 0 Å². The van der Waals surface area contributed by atoms with Crippen molar-refractivity contribution in [3.63, 3.8) is 0 Å². The van der Waals surface area contributed by atoms with E-state index >= 15 is 0 Å². The van der Waals surface area contributed by atoms with E-state index in [1.165, 1.54) is 11.3 Å². The fourth-order valence-electron chi connectivity index (χ4n) is 2.59. The van der Waals surface area contributed by atoms with Gasteiger partial charge in [0.25, 0.3) is 11.8 Å². The molecule has 0 spiro atoms. The van der Waals surface area contributed by atoms with Crippen molar-refractivity contribution in [2.24, 2.45) is 0 Å². The monoisotopic (exact) mass is 343 g/mol. The van der Waals surface area contributed by atoms with Gasteiger partial charge in [0.05, 0.1) is 5.56 Å². The van der Waals surface area contributed by atoms with Gasteiger partial charge in [0.2, 0.25) is 0 Å². The number of hydrogen-bond donors (Lipinski definition) is 3. The second kappa shape index (κ2) is 5.76. The quantitative estimate of drug-likeness (QED) is 0.749. The van der Waals surface area contributed by atoms with Crippen LogP contribution >= 0.6 is 11.3 Å². The van der Waals surface area contributed by atoms with E-state index in [1.807, 2.05) is 19.2 Å². The molecule has 1 aromatic carbocycles. The van der Waals surface area contributed by atoms with Crippen LogP contribution in [0, 0.1) is 13.8 Å². The van der Waals surface area contributed by atoms with Crippen molar-refractivity contribution in [3.8, 4) is 0 Å². The molecule has 1 aliphatic heterocycles.